The van der Waals surface area contributed by atoms with E-state index in [0.29, 0.717) is 17.8 Å². The van der Waals surface area contributed by atoms with Crippen molar-refractivity contribution in [2.45, 2.75) is 33.3 Å². The average molecular weight is 369 g/mol. The van der Waals surface area contributed by atoms with Gasteiger partial charge in [-0.15, -0.1) is 0 Å². The van der Waals surface area contributed by atoms with Crippen LogP contribution in [0.15, 0.2) is 48.5 Å². The maximum absolute atomic E-state index is 12.2. The highest BCUT2D eigenvalue weighted by molar-refractivity contribution is 5.95. The lowest BCUT2D eigenvalue weighted by Gasteiger charge is -2.14. The van der Waals surface area contributed by atoms with Gasteiger partial charge in [0.05, 0.1) is 12.6 Å². The first-order valence-corrected chi connectivity index (χ1v) is 9.20. The third-order valence-corrected chi connectivity index (χ3v) is 3.97. The number of anilines is 2. The number of nitrogens with one attached hydrogen (secondary N) is 3. The summed E-state index contributed by atoms with van der Waals surface area (Å²) >= 11 is 0. The maximum atomic E-state index is 12.2. The number of hydrogen-bond acceptors (Lipinski definition) is 4. The molecule has 27 heavy (non-hydrogen) atoms. The van der Waals surface area contributed by atoms with Gasteiger partial charge in [0, 0.05) is 29.5 Å². The Kier molecular flexibility index (Phi) is 7.67. The van der Waals surface area contributed by atoms with Crippen LogP contribution in [0, 0.1) is 0 Å². The molecule has 0 fully saturated rings. The standard InChI is InChI=1S/C21H27N3O3/c1-4-15(3)27-19-8-6-7-18(13-19)24-20(25)14-23-17-11-9-16(10-12-17)21(26)22-5-2/h6-13,15,23H,4-5,14H2,1-3H3,(H,22,26)(H,24,25). The minimum atomic E-state index is -0.163. The Labute approximate surface area is 160 Å². The highest BCUT2D eigenvalue weighted by atomic mass is 16.5. The van der Waals surface area contributed by atoms with Gasteiger partial charge < -0.3 is 20.7 Å². The second-order valence-corrected chi connectivity index (χ2v) is 6.20. The van der Waals surface area contributed by atoms with Crippen molar-refractivity contribution < 1.29 is 14.3 Å². The molecule has 0 aliphatic carbocycles. The second kappa shape index (κ2) is 10.2. The van der Waals surface area contributed by atoms with E-state index in [-0.39, 0.29) is 24.5 Å². The molecule has 2 aromatic rings. The number of carbonyl (C=O) groups is 2. The van der Waals surface area contributed by atoms with Gasteiger partial charge in [-0.2, -0.15) is 0 Å². The smallest absolute Gasteiger partial charge is 0.251 e. The number of benzene rings is 2. The van der Waals surface area contributed by atoms with Gasteiger partial charge in [-0.25, -0.2) is 0 Å². The molecule has 0 aliphatic rings. The van der Waals surface area contributed by atoms with Gasteiger partial charge in [0.15, 0.2) is 0 Å². The van der Waals surface area contributed by atoms with Crippen LogP contribution in [0.5, 0.6) is 5.75 Å². The summed E-state index contributed by atoms with van der Waals surface area (Å²) in [5.74, 6) is 0.459. The molecule has 6 heteroatoms. The van der Waals surface area contributed by atoms with Gasteiger partial charge in [0.2, 0.25) is 5.91 Å². The van der Waals surface area contributed by atoms with Crippen molar-refractivity contribution in [1.82, 2.24) is 5.32 Å². The van der Waals surface area contributed by atoms with E-state index in [1.165, 1.54) is 0 Å². The molecule has 2 aromatic carbocycles. The first-order chi connectivity index (χ1) is 13.0. The molecule has 1 atom stereocenters. The number of ether oxygens (including phenoxy) is 1. The Balaban J connectivity index is 1.85. The van der Waals surface area contributed by atoms with Crippen molar-refractivity contribution in [3.8, 4) is 5.75 Å². The van der Waals surface area contributed by atoms with Crippen LogP contribution in [0.4, 0.5) is 11.4 Å². The van der Waals surface area contributed by atoms with Gasteiger partial charge in [0.1, 0.15) is 5.75 Å². The van der Waals surface area contributed by atoms with Crippen LogP contribution < -0.4 is 20.7 Å². The van der Waals surface area contributed by atoms with Crippen LogP contribution in [0.2, 0.25) is 0 Å². The Hall–Kier alpha value is -3.02. The SMILES string of the molecule is CCNC(=O)c1ccc(NCC(=O)Nc2cccc(OC(C)CC)c2)cc1. The van der Waals surface area contributed by atoms with Crippen molar-refractivity contribution in [3.63, 3.8) is 0 Å². The van der Waals surface area contributed by atoms with E-state index in [1.807, 2.05) is 38.1 Å². The molecule has 2 amide bonds. The second-order valence-electron chi connectivity index (χ2n) is 6.20. The van der Waals surface area contributed by atoms with Crippen LogP contribution >= 0.6 is 0 Å². The zero-order valence-electron chi connectivity index (χ0n) is 16.0. The minimum absolute atomic E-state index is 0.110. The molecule has 6 nitrogen and oxygen atoms in total. The monoisotopic (exact) mass is 369 g/mol. The van der Waals surface area contributed by atoms with Crippen LogP contribution in [0.3, 0.4) is 0 Å². The molecule has 0 bridgehead atoms. The summed E-state index contributed by atoms with van der Waals surface area (Å²) in [6.07, 6.45) is 1.04. The third kappa shape index (κ3) is 6.66. The fourth-order valence-electron chi connectivity index (χ4n) is 2.35. The lowest BCUT2D eigenvalue weighted by atomic mass is 10.2. The molecule has 0 spiro atoms. The van der Waals surface area contributed by atoms with E-state index in [2.05, 4.69) is 22.9 Å². The molecular formula is C21H27N3O3. The predicted molar refractivity (Wildman–Crippen MR) is 108 cm³/mol. The zero-order chi connectivity index (χ0) is 19.6. The van der Waals surface area contributed by atoms with E-state index >= 15 is 0 Å². The fraction of sp³-hybridized carbons (Fsp3) is 0.333. The quantitative estimate of drug-likeness (QED) is 0.630. The van der Waals surface area contributed by atoms with Crippen molar-refractivity contribution >= 4 is 23.2 Å². The summed E-state index contributed by atoms with van der Waals surface area (Å²) < 4.78 is 5.76. The topological polar surface area (TPSA) is 79.5 Å². The average Bonchev–Trinajstić information content (AvgIpc) is 2.67. The molecule has 0 heterocycles. The highest BCUT2D eigenvalue weighted by Crippen LogP contribution is 2.19. The summed E-state index contributed by atoms with van der Waals surface area (Å²) in [7, 11) is 0. The van der Waals surface area contributed by atoms with Crippen molar-refractivity contribution in [3.05, 3.63) is 54.1 Å². The van der Waals surface area contributed by atoms with E-state index < -0.39 is 0 Å². The Bertz CT molecular complexity index is 760. The van der Waals surface area contributed by atoms with Gasteiger partial charge in [-0.3, -0.25) is 9.59 Å². The van der Waals surface area contributed by atoms with Crippen molar-refractivity contribution in [2.75, 3.05) is 23.7 Å². The third-order valence-electron chi connectivity index (χ3n) is 3.97. The molecule has 0 radical (unpaired) electrons. The molecule has 0 saturated carbocycles. The molecular weight excluding hydrogens is 342 g/mol. The minimum Gasteiger partial charge on any atom is -0.491 e. The number of amides is 2. The largest absolute Gasteiger partial charge is 0.491 e. The molecule has 0 aliphatic heterocycles. The molecule has 3 N–H and O–H groups in total. The van der Waals surface area contributed by atoms with E-state index in [1.54, 1.807) is 24.3 Å². The molecule has 1 unspecified atom stereocenters. The lowest BCUT2D eigenvalue weighted by Crippen LogP contribution is -2.23. The molecule has 0 aromatic heterocycles. The fourth-order valence-corrected chi connectivity index (χ4v) is 2.35. The Morgan fingerprint density at radius 2 is 1.78 bits per heavy atom. The van der Waals surface area contributed by atoms with Gasteiger partial charge >= 0.3 is 0 Å². The lowest BCUT2D eigenvalue weighted by molar-refractivity contribution is -0.114. The summed E-state index contributed by atoms with van der Waals surface area (Å²) in [4.78, 5) is 23.9. The van der Waals surface area contributed by atoms with Crippen molar-refractivity contribution in [2.24, 2.45) is 0 Å². The number of rotatable bonds is 9. The maximum Gasteiger partial charge on any atom is 0.251 e. The van der Waals surface area contributed by atoms with Crippen LogP contribution in [-0.4, -0.2) is 31.0 Å². The Morgan fingerprint density at radius 3 is 2.44 bits per heavy atom. The van der Waals surface area contributed by atoms with Crippen LogP contribution in [0.25, 0.3) is 0 Å². The number of hydrogen-bond donors (Lipinski definition) is 3. The summed E-state index contributed by atoms with van der Waals surface area (Å²) in [6, 6.07) is 14.4. The van der Waals surface area contributed by atoms with Gasteiger partial charge in [-0.1, -0.05) is 13.0 Å². The first kappa shape index (κ1) is 20.3. The number of carbonyl (C=O) groups excluding carboxylic acids is 2. The molecule has 144 valence electrons. The van der Waals surface area contributed by atoms with E-state index in [4.69, 9.17) is 4.74 Å². The normalized spacial score (nSPS) is 11.4. The van der Waals surface area contributed by atoms with Crippen LogP contribution in [0.1, 0.15) is 37.6 Å². The van der Waals surface area contributed by atoms with Crippen LogP contribution in [-0.2, 0) is 4.79 Å². The predicted octanol–water partition coefficient (Wildman–Crippen LogP) is 3.66. The summed E-state index contributed by atoms with van der Waals surface area (Å²) in [5.41, 5.74) is 2.05. The van der Waals surface area contributed by atoms with Gasteiger partial charge in [0.25, 0.3) is 5.91 Å². The zero-order valence-corrected chi connectivity index (χ0v) is 16.0. The molecule has 0 saturated heterocycles. The van der Waals surface area contributed by atoms with Crippen molar-refractivity contribution in [1.29, 1.82) is 0 Å². The van der Waals surface area contributed by atoms with E-state index in [9.17, 15) is 9.59 Å². The van der Waals surface area contributed by atoms with E-state index in [0.717, 1.165) is 17.9 Å². The Morgan fingerprint density at radius 1 is 1.04 bits per heavy atom. The molecule has 2 rings (SSSR count). The first-order valence-electron chi connectivity index (χ1n) is 9.20. The summed E-state index contributed by atoms with van der Waals surface area (Å²) in [5, 5.41) is 8.63. The van der Waals surface area contributed by atoms with Gasteiger partial charge in [-0.05, 0) is 56.7 Å². The summed E-state index contributed by atoms with van der Waals surface area (Å²) in [6.45, 7) is 6.65. The highest BCUT2D eigenvalue weighted by Gasteiger charge is 2.07.